The molecule has 0 fully saturated rings. The van der Waals surface area contributed by atoms with Gasteiger partial charge in [-0.3, -0.25) is 4.79 Å². The third kappa shape index (κ3) is 3.55. The minimum atomic E-state index is -4.85. The monoisotopic (exact) mass is 456 g/mol. The molecule has 1 amide bonds. The quantitative estimate of drug-likeness (QED) is 0.356. The summed E-state index contributed by atoms with van der Waals surface area (Å²) in [7, 11) is 0. The Morgan fingerprint density at radius 3 is 2.45 bits per heavy atom. The Balaban J connectivity index is 1.70. The minimum absolute atomic E-state index is 0.0422. The van der Waals surface area contributed by atoms with Gasteiger partial charge in [0.15, 0.2) is 0 Å². The summed E-state index contributed by atoms with van der Waals surface area (Å²) in [5, 5.41) is 0.905. The van der Waals surface area contributed by atoms with Gasteiger partial charge in [-0.25, -0.2) is 8.78 Å². The SMILES string of the molecule is O=C(c1cc(F)ccc1C(F)(F)F)N1CCc2c([nH]c3ccccc23)C1c1ccccc1F. The lowest BCUT2D eigenvalue weighted by Gasteiger charge is -2.37. The van der Waals surface area contributed by atoms with Crippen molar-refractivity contribution in [2.24, 2.45) is 0 Å². The van der Waals surface area contributed by atoms with Crippen molar-refractivity contribution in [2.45, 2.75) is 18.6 Å². The molecule has 3 aromatic carbocycles. The summed E-state index contributed by atoms with van der Waals surface area (Å²) in [6.45, 7) is 0.0422. The molecule has 1 unspecified atom stereocenters. The molecule has 2 heterocycles. The highest BCUT2D eigenvalue weighted by Crippen LogP contribution is 2.41. The standard InChI is InChI=1S/C25H17F5N2O/c26-14-9-10-19(25(28,29)30)18(13-14)24(33)32-12-11-16-15-5-2-4-8-21(15)31-22(16)23(32)17-6-1-3-7-20(17)27/h1-10,13,23,31H,11-12H2. The molecule has 0 saturated carbocycles. The molecule has 1 atom stereocenters. The highest BCUT2D eigenvalue weighted by Gasteiger charge is 2.40. The van der Waals surface area contributed by atoms with Crippen molar-refractivity contribution in [3.05, 3.63) is 106 Å². The number of aromatic nitrogens is 1. The zero-order valence-electron chi connectivity index (χ0n) is 17.1. The minimum Gasteiger partial charge on any atom is -0.356 e. The van der Waals surface area contributed by atoms with Gasteiger partial charge in [0.2, 0.25) is 0 Å². The summed E-state index contributed by atoms with van der Waals surface area (Å²) in [5.74, 6) is -2.57. The molecule has 1 aliphatic rings. The van der Waals surface area contributed by atoms with Gasteiger partial charge in [-0.05, 0) is 42.3 Å². The number of hydrogen-bond acceptors (Lipinski definition) is 1. The van der Waals surface area contributed by atoms with Crippen LogP contribution in [-0.4, -0.2) is 22.3 Å². The Kier molecular flexibility index (Phi) is 4.96. The fourth-order valence-corrected chi connectivity index (χ4v) is 4.58. The van der Waals surface area contributed by atoms with Crippen LogP contribution in [0.3, 0.4) is 0 Å². The Hall–Kier alpha value is -3.68. The molecule has 4 aromatic rings. The van der Waals surface area contributed by atoms with Gasteiger partial charge in [0.05, 0.1) is 11.1 Å². The maximum atomic E-state index is 14.9. The highest BCUT2D eigenvalue weighted by atomic mass is 19.4. The van der Waals surface area contributed by atoms with Gasteiger partial charge in [0.25, 0.3) is 5.91 Å². The van der Waals surface area contributed by atoms with E-state index in [0.717, 1.165) is 16.5 Å². The number of H-pyrrole nitrogens is 1. The van der Waals surface area contributed by atoms with Gasteiger partial charge in [0.1, 0.15) is 17.7 Å². The number of alkyl halides is 3. The zero-order chi connectivity index (χ0) is 23.3. The molecule has 0 bridgehead atoms. The van der Waals surface area contributed by atoms with Crippen molar-refractivity contribution in [3.8, 4) is 0 Å². The molecular weight excluding hydrogens is 439 g/mol. The first-order valence-corrected chi connectivity index (χ1v) is 10.3. The number of aromatic amines is 1. The smallest absolute Gasteiger partial charge is 0.356 e. The van der Waals surface area contributed by atoms with Crippen molar-refractivity contribution in [2.75, 3.05) is 6.54 Å². The van der Waals surface area contributed by atoms with Gasteiger partial charge in [-0.2, -0.15) is 13.2 Å². The normalized spacial score (nSPS) is 16.2. The predicted molar refractivity (Wildman–Crippen MR) is 113 cm³/mol. The largest absolute Gasteiger partial charge is 0.417 e. The number of nitrogens with zero attached hydrogens (tertiary/aromatic N) is 1. The molecule has 0 spiro atoms. The van der Waals surface area contributed by atoms with Crippen LogP contribution in [0.4, 0.5) is 22.0 Å². The number of rotatable bonds is 2. The van der Waals surface area contributed by atoms with Crippen molar-refractivity contribution in [1.29, 1.82) is 0 Å². The first-order chi connectivity index (χ1) is 15.8. The van der Waals surface area contributed by atoms with E-state index < -0.39 is 40.9 Å². The molecule has 1 aliphatic heterocycles. The van der Waals surface area contributed by atoms with E-state index in [-0.39, 0.29) is 12.1 Å². The second-order valence-electron chi connectivity index (χ2n) is 7.92. The average molecular weight is 456 g/mol. The van der Waals surface area contributed by atoms with E-state index in [1.54, 1.807) is 6.07 Å². The molecule has 0 saturated heterocycles. The average Bonchev–Trinajstić information content (AvgIpc) is 3.16. The van der Waals surface area contributed by atoms with Crippen LogP contribution in [0.25, 0.3) is 10.9 Å². The Morgan fingerprint density at radius 2 is 1.70 bits per heavy atom. The molecule has 5 rings (SSSR count). The van der Waals surface area contributed by atoms with E-state index in [4.69, 9.17) is 0 Å². The lowest BCUT2D eigenvalue weighted by atomic mass is 9.91. The van der Waals surface area contributed by atoms with Gasteiger partial charge in [-0.15, -0.1) is 0 Å². The summed E-state index contributed by atoms with van der Waals surface area (Å²) in [6.07, 6.45) is -4.50. The lowest BCUT2D eigenvalue weighted by molar-refractivity contribution is -0.138. The van der Waals surface area contributed by atoms with Crippen molar-refractivity contribution in [3.63, 3.8) is 0 Å². The molecule has 1 aromatic heterocycles. The molecule has 3 nitrogen and oxygen atoms in total. The van der Waals surface area contributed by atoms with Crippen LogP contribution in [0.2, 0.25) is 0 Å². The van der Waals surface area contributed by atoms with Crippen LogP contribution in [0.5, 0.6) is 0 Å². The first kappa shape index (κ1) is 21.2. The highest BCUT2D eigenvalue weighted by molar-refractivity contribution is 5.97. The molecule has 168 valence electrons. The summed E-state index contributed by atoms with van der Waals surface area (Å²) in [6, 6.07) is 14.1. The van der Waals surface area contributed by atoms with Crippen LogP contribution in [-0.2, 0) is 12.6 Å². The van der Waals surface area contributed by atoms with E-state index in [1.165, 1.54) is 23.1 Å². The van der Waals surface area contributed by atoms with Crippen LogP contribution in [0.15, 0.2) is 66.7 Å². The summed E-state index contributed by atoms with van der Waals surface area (Å²) in [4.78, 5) is 17.9. The van der Waals surface area contributed by atoms with Gasteiger partial charge in [0, 0.05) is 28.7 Å². The van der Waals surface area contributed by atoms with Crippen molar-refractivity contribution < 1.29 is 26.7 Å². The number of nitrogens with one attached hydrogen (secondary N) is 1. The number of benzene rings is 3. The van der Waals surface area contributed by atoms with Gasteiger partial charge < -0.3 is 9.88 Å². The van der Waals surface area contributed by atoms with E-state index in [0.29, 0.717) is 30.3 Å². The number of amides is 1. The van der Waals surface area contributed by atoms with Crippen LogP contribution >= 0.6 is 0 Å². The van der Waals surface area contributed by atoms with Crippen LogP contribution < -0.4 is 0 Å². The maximum absolute atomic E-state index is 14.9. The molecule has 33 heavy (non-hydrogen) atoms. The van der Waals surface area contributed by atoms with Crippen LogP contribution in [0.1, 0.15) is 38.8 Å². The van der Waals surface area contributed by atoms with E-state index >= 15 is 0 Å². The predicted octanol–water partition coefficient (Wildman–Crippen LogP) is 6.25. The fourth-order valence-electron chi connectivity index (χ4n) is 4.58. The van der Waals surface area contributed by atoms with Gasteiger partial charge in [-0.1, -0.05) is 36.4 Å². The summed E-state index contributed by atoms with van der Waals surface area (Å²) in [5.41, 5.74) is 0.291. The Labute approximate surface area is 185 Å². The number of carbonyl (C=O) groups is 1. The number of fused-ring (bicyclic) bond motifs is 3. The third-order valence-corrected chi connectivity index (χ3v) is 6.01. The number of halogens is 5. The third-order valence-electron chi connectivity index (χ3n) is 6.01. The van der Waals surface area contributed by atoms with Crippen molar-refractivity contribution in [1.82, 2.24) is 9.88 Å². The van der Waals surface area contributed by atoms with E-state index in [1.807, 2.05) is 24.3 Å². The summed E-state index contributed by atoms with van der Waals surface area (Å²) < 4.78 is 69.7. The molecule has 0 aliphatic carbocycles. The second kappa shape index (κ2) is 7.72. The maximum Gasteiger partial charge on any atom is 0.417 e. The molecule has 8 heteroatoms. The fraction of sp³-hybridized carbons (Fsp3) is 0.160. The van der Waals surface area contributed by atoms with E-state index in [2.05, 4.69) is 4.98 Å². The molecule has 0 radical (unpaired) electrons. The Bertz CT molecular complexity index is 1370. The van der Waals surface area contributed by atoms with E-state index in [9.17, 15) is 26.7 Å². The molecule has 1 N–H and O–H groups in total. The summed E-state index contributed by atoms with van der Waals surface area (Å²) >= 11 is 0. The topological polar surface area (TPSA) is 36.1 Å². The number of hydrogen-bond donors (Lipinski definition) is 1. The first-order valence-electron chi connectivity index (χ1n) is 10.3. The molecular formula is C25H17F5N2O. The van der Waals surface area contributed by atoms with Crippen LogP contribution in [0, 0.1) is 11.6 Å². The number of carbonyl (C=O) groups excluding carboxylic acids is 1. The van der Waals surface area contributed by atoms with Crippen molar-refractivity contribution >= 4 is 16.8 Å². The zero-order valence-corrected chi connectivity index (χ0v) is 17.1. The Morgan fingerprint density at radius 1 is 0.970 bits per heavy atom. The number of para-hydroxylation sites is 1. The van der Waals surface area contributed by atoms with Gasteiger partial charge >= 0.3 is 6.18 Å². The second-order valence-corrected chi connectivity index (χ2v) is 7.92. The lowest BCUT2D eigenvalue weighted by Crippen LogP contribution is -2.41.